The second-order valence-corrected chi connectivity index (χ2v) is 7.10. The average molecular weight is 407 g/mol. The van der Waals surface area contributed by atoms with E-state index >= 15 is 0 Å². The molecule has 2 saturated carbocycles. The lowest BCUT2D eigenvalue weighted by molar-refractivity contribution is -0.141. The summed E-state index contributed by atoms with van der Waals surface area (Å²) in [7, 11) is 0. The van der Waals surface area contributed by atoms with Gasteiger partial charge in [-0.3, -0.25) is 9.59 Å². The molecule has 9 heteroatoms. The zero-order valence-corrected chi connectivity index (χ0v) is 16.8. The highest BCUT2D eigenvalue weighted by molar-refractivity contribution is 6.17. The zero-order chi connectivity index (χ0) is 20.3. The van der Waals surface area contributed by atoms with E-state index in [2.05, 4.69) is 19.8 Å². The number of carbonyl (C=O) groups is 1. The van der Waals surface area contributed by atoms with Crippen molar-refractivity contribution in [3.63, 3.8) is 0 Å². The number of carbonyl (C=O) groups excluding carboxylic acids is 1. The van der Waals surface area contributed by atoms with Crippen LogP contribution in [0.4, 0.5) is 0 Å². The van der Waals surface area contributed by atoms with E-state index in [1.54, 1.807) is 17.8 Å². The number of ether oxygens (including phenoxy) is 2. The maximum absolute atomic E-state index is 12.1. The molecule has 2 aliphatic rings. The minimum absolute atomic E-state index is 0.0350. The van der Waals surface area contributed by atoms with Crippen LogP contribution in [0.1, 0.15) is 43.6 Å². The van der Waals surface area contributed by atoms with Crippen LogP contribution < -0.4 is 10.3 Å². The summed E-state index contributed by atoms with van der Waals surface area (Å²) in [5, 5.41) is 4.25. The Morgan fingerprint density at radius 3 is 2.32 bits per heavy atom. The number of hydrogen-bond acceptors (Lipinski definition) is 7. The van der Waals surface area contributed by atoms with Crippen molar-refractivity contribution in [2.24, 2.45) is 11.8 Å². The maximum Gasteiger partial charge on any atom is 0.322 e. The molecule has 2 atom stereocenters. The molecule has 0 bridgehead atoms. The summed E-state index contributed by atoms with van der Waals surface area (Å²) in [4.78, 5) is 30.6. The van der Waals surface area contributed by atoms with E-state index in [0.717, 1.165) is 11.4 Å². The highest BCUT2D eigenvalue weighted by atomic mass is 35.5. The van der Waals surface area contributed by atoms with Gasteiger partial charge in [0.05, 0.1) is 12.2 Å². The highest BCUT2D eigenvalue weighted by Gasteiger charge is 2.58. The second kappa shape index (κ2) is 8.68. The molecule has 2 aromatic heterocycles. The van der Waals surface area contributed by atoms with Gasteiger partial charge in [-0.15, -0.1) is 0 Å². The van der Waals surface area contributed by atoms with Crippen molar-refractivity contribution < 1.29 is 14.3 Å². The van der Waals surface area contributed by atoms with Gasteiger partial charge in [0.1, 0.15) is 0 Å². The van der Waals surface area contributed by atoms with E-state index in [1.807, 2.05) is 19.9 Å². The largest absolute Gasteiger partial charge is 0.449 e. The number of esters is 1. The van der Waals surface area contributed by atoms with Crippen LogP contribution in [-0.2, 0) is 9.53 Å². The molecule has 2 heterocycles. The van der Waals surface area contributed by atoms with E-state index in [9.17, 15) is 9.59 Å². The lowest BCUT2D eigenvalue weighted by Gasteiger charge is -2.06. The molecule has 0 aromatic carbocycles. The number of halogens is 1. The Morgan fingerprint density at radius 2 is 1.86 bits per heavy atom. The molecule has 4 rings (SSSR count). The first-order valence-electron chi connectivity index (χ1n) is 9.23. The number of aryl methyl sites for hydroxylation is 2. The summed E-state index contributed by atoms with van der Waals surface area (Å²) in [5.41, 5.74) is 1.54. The minimum atomic E-state index is -0.255. The molecular formula is C19H23ClN4O4. The van der Waals surface area contributed by atoms with Gasteiger partial charge in [-0.2, -0.15) is 5.10 Å². The summed E-state index contributed by atoms with van der Waals surface area (Å²) < 4.78 is 11.5. The van der Waals surface area contributed by atoms with Crippen LogP contribution in [0.3, 0.4) is 0 Å². The van der Waals surface area contributed by atoms with Crippen molar-refractivity contribution in [3.8, 4) is 11.8 Å². The van der Waals surface area contributed by atoms with Gasteiger partial charge < -0.3 is 9.47 Å². The SMILES string of the molecule is CCC(=O)OCCl.Cc1cc(C)nc(Oc2cnn(C3C4CCC43)c(=O)c2)n1. The fraction of sp³-hybridized carbons (Fsp3) is 0.526. The van der Waals surface area contributed by atoms with E-state index in [4.69, 9.17) is 16.3 Å². The Bertz CT molecular complexity index is 887. The van der Waals surface area contributed by atoms with Crippen LogP contribution in [0.15, 0.2) is 23.1 Å². The predicted molar refractivity (Wildman–Crippen MR) is 102 cm³/mol. The third-order valence-corrected chi connectivity index (χ3v) is 4.99. The molecule has 2 aromatic rings. The zero-order valence-electron chi connectivity index (χ0n) is 16.1. The Morgan fingerprint density at radius 1 is 1.21 bits per heavy atom. The summed E-state index contributed by atoms with van der Waals surface area (Å²) in [6.07, 6.45) is 4.41. The first-order chi connectivity index (χ1) is 13.4. The topological polar surface area (TPSA) is 96.2 Å². The van der Waals surface area contributed by atoms with Crippen molar-refractivity contribution >= 4 is 17.6 Å². The molecule has 0 aliphatic heterocycles. The van der Waals surface area contributed by atoms with E-state index in [-0.39, 0.29) is 23.6 Å². The van der Waals surface area contributed by atoms with E-state index in [1.165, 1.54) is 18.9 Å². The summed E-state index contributed by atoms with van der Waals surface area (Å²) in [6.45, 7) is 5.47. The monoisotopic (exact) mass is 406 g/mol. The molecule has 2 fully saturated rings. The van der Waals surface area contributed by atoms with Gasteiger partial charge in [0.15, 0.2) is 11.8 Å². The van der Waals surface area contributed by atoms with Gasteiger partial charge in [0, 0.05) is 23.9 Å². The van der Waals surface area contributed by atoms with Gasteiger partial charge in [0.2, 0.25) is 0 Å². The van der Waals surface area contributed by atoms with Crippen LogP contribution in [0.2, 0.25) is 0 Å². The van der Waals surface area contributed by atoms with E-state index < -0.39 is 0 Å². The smallest absolute Gasteiger partial charge is 0.322 e. The molecule has 0 N–H and O–H groups in total. The van der Waals surface area contributed by atoms with Crippen molar-refractivity contribution in [2.45, 2.75) is 46.1 Å². The first kappa shape index (κ1) is 20.3. The lowest BCUT2D eigenvalue weighted by atomic mass is 10.0. The lowest BCUT2D eigenvalue weighted by Crippen LogP contribution is -2.21. The molecular weight excluding hydrogens is 384 g/mol. The standard InChI is InChI=1S/C15H16N4O2.C4H7ClO2/c1-8-5-9(2)18-15(17-8)21-10-6-13(20)19(16-7-10)14-11-3-4-12(11)14;1-2-4(6)7-3-5/h5-7,11-12,14H,3-4H2,1-2H3;2-3H2,1H3. The minimum Gasteiger partial charge on any atom is -0.449 e. The molecule has 2 aliphatic carbocycles. The Labute approximate surface area is 167 Å². The van der Waals surface area contributed by atoms with Crippen molar-refractivity contribution in [1.82, 2.24) is 19.7 Å². The molecule has 0 spiro atoms. The molecule has 0 amide bonds. The fourth-order valence-electron chi connectivity index (χ4n) is 3.37. The van der Waals surface area contributed by atoms with Gasteiger partial charge in [0.25, 0.3) is 5.56 Å². The number of nitrogens with zero attached hydrogens (tertiary/aromatic N) is 4. The van der Waals surface area contributed by atoms with Crippen LogP contribution in [-0.4, -0.2) is 31.8 Å². The third kappa shape index (κ3) is 4.67. The Kier molecular flexibility index (Phi) is 6.28. The van der Waals surface area contributed by atoms with Crippen LogP contribution in [0, 0.1) is 25.7 Å². The summed E-state index contributed by atoms with van der Waals surface area (Å²) >= 11 is 5.03. The second-order valence-electron chi connectivity index (χ2n) is 6.88. The normalized spacial score (nSPS) is 21.5. The number of aromatic nitrogens is 4. The Hall–Kier alpha value is -2.48. The Balaban J connectivity index is 0.000000279. The van der Waals surface area contributed by atoms with Gasteiger partial charge in [-0.25, -0.2) is 14.6 Å². The molecule has 0 saturated heterocycles. The molecule has 2 unspecified atom stereocenters. The molecule has 28 heavy (non-hydrogen) atoms. The van der Waals surface area contributed by atoms with Crippen LogP contribution in [0.5, 0.6) is 11.8 Å². The van der Waals surface area contributed by atoms with Gasteiger partial charge in [-0.05, 0) is 44.6 Å². The summed E-state index contributed by atoms with van der Waals surface area (Å²) in [6, 6.07) is 3.85. The van der Waals surface area contributed by atoms with Crippen molar-refractivity contribution in [2.75, 3.05) is 6.07 Å². The number of hydrogen-bond donors (Lipinski definition) is 0. The van der Waals surface area contributed by atoms with Crippen LogP contribution in [0.25, 0.3) is 0 Å². The fourth-order valence-corrected chi connectivity index (χ4v) is 3.49. The molecule has 0 radical (unpaired) electrons. The third-order valence-electron chi connectivity index (χ3n) is 4.88. The molecule has 150 valence electrons. The average Bonchev–Trinajstić information content (AvgIpc) is 3.14. The van der Waals surface area contributed by atoms with Crippen molar-refractivity contribution in [3.05, 3.63) is 40.1 Å². The highest BCUT2D eigenvalue weighted by Crippen LogP contribution is 2.63. The first-order valence-corrected chi connectivity index (χ1v) is 9.77. The molecule has 8 nitrogen and oxygen atoms in total. The van der Waals surface area contributed by atoms with Crippen molar-refractivity contribution in [1.29, 1.82) is 0 Å². The summed E-state index contributed by atoms with van der Waals surface area (Å²) in [5.74, 6) is 1.47. The van der Waals surface area contributed by atoms with Crippen LogP contribution >= 0.6 is 11.6 Å². The maximum atomic E-state index is 12.1. The van der Waals surface area contributed by atoms with E-state index in [0.29, 0.717) is 30.0 Å². The number of fused-ring (bicyclic) bond motifs is 1. The van der Waals surface area contributed by atoms with Gasteiger partial charge in [-0.1, -0.05) is 18.5 Å². The number of alkyl halides is 1. The quantitative estimate of drug-likeness (QED) is 0.555. The predicted octanol–water partition coefficient (Wildman–Crippen LogP) is 3.16. The van der Waals surface area contributed by atoms with Gasteiger partial charge >= 0.3 is 12.0 Å². The number of rotatable bonds is 5.